The number of carbonyl (C=O) groups excluding carboxylic acids is 1. The van der Waals surface area contributed by atoms with E-state index >= 15 is 0 Å². The Labute approximate surface area is 154 Å². The number of hydrogen-bond acceptors (Lipinski definition) is 4. The average Bonchev–Trinajstić information content (AvgIpc) is 3.05. The number of halogens is 1. The van der Waals surface area contributed by atoms with Crippen molar-refractivity contribution in [2.45, 2.75) is 20.4 Å². The van der Waals surface area contributed by atoms with Gasteiger partial charge in [0, 0.05) is 16.7 Å². The third-order valence-electron chi connectivity index (χ3n) is 3.90. The molecule has 128 valence electrons. The van der Waals surface area contributed by atoms with E-state index in [4.69, 9.17) is 0 Å². The Kier molecular flexibility index (Phi) is 5.14. The Morgan fingerprint density at radius 1 is 1.08 bits per heavy atom. The van der Waals surface area contributed by atoms with Crippen molar-refractivity contribution in [1.82, 2.24) is 20.7 Å². The molecular formula is C18H18BrN5O. The first-order chi connectivity index (χ1) is 12.0. The second-order valence-electron chi connectivity index (χ2n) is 5.75. The Hall–Kier alpha value is -2.67. The smallest absolute Gasteiger partial charge is 0.275 e. The summed E-state index contributed by atoms with van der Waals surface area (Å²) in [5.41, 5.74) is 4.46. The fourth-order valence-electron chi connectivity index (χ4n) is 2.30. The van der Waals surface area contributed by atoms with E-state index in [2.05, 4.69) is 48.9 Å². The first kappa shape index (κ1) is 17.2. The molecule has 0 unspecified atom stereocenters. The molecule has 3 rings (SSSR count). The number of anilines is 2. The summed E-state index contributed by atoms with van der Waals surface area (Å²) < 4.78 is 0.999. The summed E-state index contributed by atoms with van der Waals surface area (Å²) in [6, 6.07) is 13.7. The number of H-pyrrole nitrogens is 1. The number of aryl methyl sites for hydroxylation is 2. The van der Waals surface area contributed by atoms with Crippen LogP contribution in [0.5, 0.6) is 0 Å². The largest absolute Gasteiger partial charge is 0.346 e. The van der Waals surface area contributed by atoms with E-state index in [0.29, 0.717) is 12.4 Å². The molecule has 2 aromatic carbocycles. The number of nitrogens with zero attached hydrogens (tertiary/aromatic N) is 2. The second-order valence-corrected chi connectivity index (χ2v) is 6.67. The summed E-state index contributed by atoms with van der Waals surface area (Å²) in [5.74, 6) is 0.111. The Morgan fingerprint density at radius 2 is 1.84 bits per heavy atom. The van der Waals surface area contributed by atoms with Gasteiger partial charge in [-0.25, -0.2) is 0 Å². The van der Waals surface area contributed by atoms with Gasteiger partial charge >= 0.3 is 0 Å². The van der Waals surface area contributed by atoms with Crippen LogP contribution in [-0.4, -0.2) is 21.3 Å². The molecule has 25 heavy (non-hydrogen) atoms. The predicted molar refractivity (Wildman–Crippen MR) is 101 cm³/mol. The summed E-state index contributed by atoms with van der Waals surface area (Å²) in [6.07, 6.45) is 0. The van der Waals surface area contributed by atoms with Gasteiger partial charge in [-0.1, -0.05) is 34.1 Å². The van der Waals surface area contributed by atoms with Gasteiger partial charge in [0.25, 0.3) is 5.91 Å². The Morgan fingerprint density at radius 3 is 2.56 bits per heavy atom. The molecule has 0 saturated carbocycles. The third kappa shape index (κ3) is 4.24. The van der Waals surface area contributed by atoms with E-state index in [-0.39, 0.29) is 11.6 Å². The number of hydrogen-bond donors (Lipinski definition) is 3. The number of amides is 1. The minimum Gasteiger partial charge on any atom is -0.346 e. The van der Waals surface area contributed by atoms with Gasteiger partial charge in [-0.2, -0.15) is 5.21 Å². The number of aromatic nitrogens is 3. The highest BCUT2D eigenvalue weighted by molar-refractivity contribution is 9.10. The number of rotatable bonds is 5. The molecule has 0 spiro atoms. The van der Waals surface area contributed by atoms with E-state index in [1.165, 1.54) is 5.56 Å². The molecule has 0 saturated heterocycles. The van der Waals surface area contributed by atoms with E-state index < -0.39 is 0 Å². The molecule has 1 heterocycles. The Balaban J connectivity index is 1.68. The predicted octanol–water partition coefficient (Wildman–Crippen LogP) is 3.86. The van der Waals surface area contributed by atoms with Crippen molar-refractivity contribution in [1.29, 1.82) is 0 Å². The van der Waals surface area contributed by atoms with Crippen molar-refractivity contribution >= 4 is 33.3 Å². The SMILES string of the molecule is Cc1ccc(Nc2n[nH]nc2C(=O)NCc2ccc(Br)cc2)cc1C. The zero-order valence-electron chi connectivity index (χ0n) is 13.9. The minimum atomic E-state index is -0.289. The summed E-state index contributed by atoms with van der Waals surface area (Å²) in [6.45, 7) is 4.51. The molecule has 0 radical (unpaired) electrons. The Bertz CT molecular complexity index is 889. The van der Waals surface area contributed by atoms with Crippen LogP contribution in [0.25, 0.3) is 0 Å². The van der Waals surface area contributed by atoms with Gasteiger partial charge in [-0.15, -0.1) is 10.2 Å². The monoisotopic (exact) mass is 399 g/mol. The highest BCUT2D eigenvalue weighted by Gasteiger charge is 2.16. The van der Waals surface area contributed by atoms with E-state index in [1.807, 2.05) is 49.4 Å². The van der Waals surface area contributed by atoms with Crippen LogP contribution in [0.3, 0.4) is 0 Å². The lowest BCUT2D eigenvalue weighted by atomic mass is 10.1. The standard InChI is InChI=1S/C18H18BrN5O/c1-11-3-8-15(9-12(11)2)21-17-16(22-24-23-17)18(25)20-10-13-4-6-14(19)7-5-13/h3-9H,10H2,1-2H3,(H,20,25)(H2,21,22,23,24). The van der Waals surface area contributed by atoms with Gasteiger partial charge in [0.15, 0.2) is 11.5 Å². The van der Waals surface area contributed by atoms with Crippen LogP contribution in [0.15, 0.2) is 46.9 Å². The van der Waals surface area contributed by atoms with Gasteiger partial charge in [-0.3, -0.25) is 4.79 Å². The highest BCUT2D eigenvalue weighted by atomic mass is 79.9. The molecule has 0 bridgehead atoms. The molecule has 3 aromatic rings. The zero-order chi connectivity index (χ0) is 17.8. The normalized spacial score (nSPS) is 10.5. The van der Waals surface area contributed by atoms with Gasteiger partial charge < -0.3 is 10.6 Å². The maximum atomic E-state index is 12.4. The molecule has 0 fully saturated rings. The van der Waals surface area contributed by atoms with Crippen molar-refractivity contribution in [2.24, 2.45) is 0 Å². The molecule has 0 aliphatic carbocycles. The van der Waals surface area contributed by atoms with E-state index in [9.17, 15) is 4.79 Å². The maximum absolute atomic E-state index is 12.4. The molecule has 0 aliphatic heterocycles. The van der Waals surface area contributed by atoms with Crippen LogP contribution in [0.4, 0.5) is 11.5 Å². The summed E-state index contributed by atoms with van der Waals surface area (Å²) in [4.78, 5) is 12.4. The quantitative estimate of drug-likeness (QED) is 0.608. The topological polar surface area (TPSA) is 82.7 Å². The summed E-state index contributed by atoms with van der Waals surface area (Å²) >= 11 is 3.39. The molecule has 3 N–H and O–H groups in total. The fraction of sp³-hybridized carbons (Fsp3) is 0.167. The number of nitrogens with one attached hydrogen (secondary N) is 3. The second kappa shape index (κ2) is 7.48. The zero-order valence-corrected chi connectivity index (χ0v) is 15.5. The minimum absolute atomic E-state index is 0.232. The molecule has 6 nitrogen and oxygen atoms in total. The lowest BCUT2D eigenvalue weighted by molar-refractivity contribution is 0.0946. The highest BCUT2D eigenvalue weighted by Crippen LogP contribution is 2.20. The van der Waals surface area contributed by atoms with Crippen molar-refractivity contribution < 1.29 is 4.79 Å². The fourth-order valence-corrected chi connectivity index (χ4v) is 2.56. The number of carbonyl (C=O) groups is 1. The van der Waals surface area contributed by atoms with Gasteiger partial charge in [0.2, 0.25) is 0 Å². The third-order valence-corrected chi connectivity index (χ3v) is 4.43. The van der Waals surface area contributed by atoms with Gasteiger partial charge in [0.05, 0.1) is 0 Å². The summed E-state index contributed by atoms with van der Waals surface area (Å²) in [7, 11) is 0. The molecule has 7 heteroatoms. The van der Waals surface area contributed by atoms with E-state index in [1.54, 1.807) is 0 Å². The molecule has 1 amide bonds. The van der Waals surface area contributed by atoms with Crippen LogP contribution >= 0.6 is 15.9 Å². The molecule has 1 aromatic heterocycles. The van der Waals surface area contributed by atoms with Crippen molar-refractivity contribution in [3.63, 3.8) is 0 Å². The first-order valence-electron chi connectivity index (χ1n) is 7.80. The number of aromatic amines is 1. The van der Waals surface area contributed by atoms with Crippen LogP contribution < -0.4 is 10.6 Å². The molecular weight excluding hydrogens is 382 g/mol. The van der Waals surface area contributed by atoms with E-state index in [0.717, 1.165) is 21.3 Å². The van der Waals surface area contributed by atoms with Crippen LogP contribution in [0.2, 0.25) is 0 Å². The van der Waals surface area contributed by atoms with Crippen molar-refractivity contribution in [3.05, 3.63) is 69.3 Å². The first-order valence-corrected chi connectivity index (χ1v) is 8.60. The van der Waals surface area contributed by atoms with Crippen molar-refractivity contribution in [3.8, 4) is 0 Å². The lowest BCUT2D eigenvalue weighted by Gasteiger charge is -2.08. The number of benzene rings is 2. The van der Waals surface area contributed by atoms with Gasteiger partial charge in [0.1, 0.15) is 0 Å². The molecule has 0 atom stereocenters. The molecule has 0 aliphatic rings. The van der Waals surface area contributed by atoms with Crippen LogP contribution in [0.1, 0.15) is 27.2 Å². The average molecular weight is 400 g/mol. The summed E-state index contributed by atoms with van der Waals surface area (Å²) in [5, 5.41) is 16.5. The van der Waals surface area contributed by atoms with Crippen LogP contribution in [-0.2, 0) is 6.54 Å². The van der Waals surface area contributed by atoms with Crippen molar-refractivity contribution in [2.75, 3.05) is 5.32 Å². The maximum Gasteiger partial charge on any atom is 0.275 e. The lowest BCUT2D eigenvalue weighted by Crippen LogP contribution is -2.24. The van der Waals surface area contributed by atoms with Crippen LogP contribution in [0, 0.1) is 13.8 Å². The van der Waals surface area contributed by atoms with Gasteiger partial charge in [-0.05, 0) is 54.8 Å².